The van der Waals surface area contributed by atoms with Crippen LogP contribution in [0.15, 0.2) is 12.1 Å². The summed E-state index contributed by atoms with van der Waals surface area (Å²) in [4.78, 5) is 5.75. The Labute approximate surface area is 115 Å². The zero-order chi connectivity index (χ0) is 14.5. The van der Waals surface area contributed by atoms with Crippen LogP contribution in [0.5, 0.6) is 0 Å². The number of anilines is 1. The normalized spacial score (nSPS) is 11.7. The number of hydrogen-bond donors (Lipinski definition) is 1. The van der Waals surface area contributed by atoms with Crippen molar-refractivity contribution in [3.8, 4) is 0 Å². The molecule has 0 bridgehead atoms. The number of rotatable bonds is 6. The smallest absolute Gasteiger partial charge is 0.359 e. The first-order valence-corrected chi connectivity index (χ1v) is 6.35. The summed E-state index contributed by atoms with van der Waals surface area (Å²) >= 11 is 5.99. The van der Waals surface area contributed by atoms with Gasteiger partial charge in [0.25, 0.3) is 0 Å². The van der Waals surface area contributed by atoms with Crippen molar-refractivity contribution >= 4 is 17.4 Å². The topological polar surface area (TPSA) is 28.2 Å². The van der Waals surface area contributed by atoms with Gasteiger partial charge in [0, 0.05) is 20.1 Å². The molecule has 0 unspecified atom stereocenters. The van der Waals surface area contributed by atoms with Gasteiger partial charge in [-0.1, -0.05) is 18.5 Å². The number of hydrogen-bond acceptors (Lipinski definition) is 3. The van der Waals surface area contributed by atoms with E-state index in [2.05, 4.69) is 10.3 Å². The maximum atomic E-state index is 12.2. The Balaban J connectivity index is 2.71. The Morgan fingerprint density at radius 2 is 2.05 bits per heavy atom. The standard InChI is InChI=1S/C12H17ClF3N3/c1-3-17-8-10-9(13)4-5-11(18-10)19(2)7-6-12(14,15)16/h4-5,17H,3,6-8H2,1-2H3. The zero-order valence-electron chi connectivity index (χ0n) is 10.9. The van der Waals surface area contributed by atoms with E-state index in [-0.39, 0.29) is 6.54 Å². The van der Waals surface area contributed by atoms with Gasteiger partial charge in [-0.15, -0.1) is 0 Å². The van der Waals surface area contributed by atoms with Crippen molar-refractivity contribution in [2.45, 2.75) is 26.1 Å². The Morgan fingerprint density at radius 1 is 1.37 bits per heavy atom. The quantitative estimate of drug-likeness (QED) is 0.873. The molecular formula is C12H17ClF3N3. The molecule has 0 aliphatic heterocycles. The first-order chi connectivity index (χ1) is 8.83. The molecule has 0 fully saturated rings. The number of nitrogens with zero attached hydrogens (tertiary/aromatic N) is 2. The lowest BCUT2D eigenvalue weighted by molar-refractivity contribution is -0.132. The molecule has 1 N–H and O–H groups in total. The highest BCUT2D eigenvalue weighted by atomic mass is 35.5. The van der Waals surface area contributed by atoms with Crippen molar-refractivity contribution in [3.63, 3.8) is 0 Å². The van der Waals surface area contributed by atoms with Gasteiger partial charge >= 0.3 is 6.18 Å². The SMILES string of the molecule is CCNCc1nc(N(C)CCC(F)(F)F)ccc1Cl. The van der Waals surface area contributed by atoms with E-state index in [4.69, 9.17) is 11.6 Å². The molecule has 0 aliphatic carbocycles. The molecule has 0 saturated heterocycles. The van der Waals surface area contributed by atoms with Crippen molar-refractivity contribution in [3.05, 3.63) is 22.8 Å². The minimum Gasteiger partial charge on any atom is -0.359 e. The highest BCUT2D eigenvalue weighted by Gasteiger charge is 2.27. The Hall–Kier alpha value is -1.01. The van der Waals surface area contributed by atoms with E-state index in [0.29, 0.717) is 23.1 Å². The summed E-state index contributed by atoms with van der Waals surface area (Å²) in [7, 11) is 1.58. The molecule has 19 heavy (non-hydrogen) atoms. The molecule has 0 atom stereocenters. The lowest BCUT2D eigenvalue weighted by atomic mass is 10.3. The van der Waals surface area contributed by atoms with E-state index >= 15 is 0 Å². The Bertz CT molecular complexity index is 410. The van der Waals surface area contributed by atoms with Crippen LogP contribution in [0.1, 0.15) is 19.0 Å². The van der Waals surface area contributed by atoms with Gasteiger partial charge in [-0.2, -0.15) is 13.2 Å². The predicted octanol–water partition coefficient (Wildman–Crippen LogP) is 3.23. The molecule has 1 aromatic heterocycles. The van der Waals surface area contributed by atoms with Crippen LogP contribution in [0.25, 0.3) is 0 Å². The summed E-state index contributed by atoms with van der Waals surface area (Å²) in [6, 6.07) is 3.27. The lowest BCUT2D eigenvalue weighted by Crippen LogP contribution is -2.25. The fourth-order valence-electron chi connectivity index (χ4n) is 1.46. The van der Waals surface area contributed by atoms with Crippen LogP contribution in [0.2, 0.25) is 5.02 Å². The summed E-state index contributed by atoms with van der Waals surface area (Å²) in [5.41, 5.74) is 0.639. The van der Waals surface area contributed by atoms with E-state index in [9.17, 15) is 13.2 Å². The largest absolute Gasteiger partial charge is 0.390 e. The van der Waals surface area contributed by atoms with Gasteiger partial charge in [0.05, 0.1) is 17.1 Å². The van der Waals surface area contributed by atoms with Gasteiger partial charge in [0.15, 0.2) is 0 Å². The van der Waals surface area contributed by atoms with E-state index in [0.717, 1.165) is 6.54 Å². The highest BCUT2D eigenvalue weighted by molar-refractivity contribution is 6.31. The van der Waals surface area contributed by atoms with Crippen molar-refractivity contribution in [1.82, 2.24) is 10.3 Å². The van der Waals surface area contributed by atoms with E-state index in [1.165, 1.54) is 4.90 Å². The van der Waals surface area contributed by atoms with Crippen LogP contribution in [0.4, 0.5) is 19.0 Å². The van der Waals surface area contributed by atoms with Crippen molar-refractivity contribution in [2.24, 2.45) is 0 Å². The summed E-state index contributed by atoms with van der Waals surface area (Å²) < 4.78 is 36.5. The monoisotopic (exact) mass is 295 g/mol. The van der Waals surface area contributed by atoms with Gasteiger partial charge in [-0.05, 0) is 18.7 Å². The first kappa shape index (κ1) is 16.0. The van der Waals surface area contributed by atoms with E-state index in [1.807, 2.05) is 6.92 Å². The van der Waals surface area contributed by atoms with Crippen LogP contribution in [-0.2, 0) is 6.54 Å². The Kier molecular flexibility index (Phi) is 5.87. The maximum Gasteiger partial charge on any atom is 0.390 e. The number of nitrogens with one attached hydrogen (secondary N) is 1. The van der Waals surface area contributed by atoms with Crippen molar-refractivity contribution in [1.29, 1.82) is 0 Å². The van der Waals surface area contributed by atoms with Crippen LogP contribution in [-0.4, -0.2) is 31.3 Å². The fraction of sp³-hybridized carbons (Fsp3) is 0.583. The summed E-state index contributed by atoms with van der Waals surface area (Å²) in [5.74, 6) is 0.488. The summed E-state index contributed by atoms with van der Waals surface area (Å²) in [5, 5.41) is 3.59. The molecule has 0 amide bonds. The summed E-state index contributed by atoms with van der Waals surface area (Å²) in [6.45, 7) is 3.09. The van der Waals surface area contributed by atoms with Crippen LogP contribution < -0.4 is 10.2 Å². The minimum atomic E-state index is -4.16. The van der Waals surface area contributed by atoms with Crippen molar-refractivity contribution in [2.75, 3.05) is 25.0 Å². The number of halogens is 4. The van der Waals surface area contributed by atoms with E-state index in [1.54, 1.807) is 19.2 Å². The molecule has 7 heteroatoms. The Morgan fingerprint density at radius 3 is 2.63 bits per heavy atom. The molecule has 0 spiro atoms. The van der Waals surface area contributed by atoms with Gasteiger partial charge < -0.3 is 10.2 Å². The maximum absolute atomic E-state index is 12.2. The molecule has 1 aromatic rings. The second kappa shape index (κ2) is 6.96. The molecule has 1 rings (SSSR count). The third kappa shape index (κ3) is 5.65. The minimum absolute atomic E-state index is 0.126. The number of aromatic nitrogens is 1. The van der Waals surface area contributed by atoms with Gasteiger partial charge in [-0.3, -0.25) is 0 Å². The molecule has 0 radical (unpaired) electrons. The predicted molar refractivity (Wildman–Crippen MR) is 70.6 cm³/mol. The summed E-state index contributed by atoms with van der Waals surface area (Å²) in [6.07, 6.45) is -5.02. The highest BCUT2D eigenvalue weighted by Crippen LogP contribution is 2.22. The first-order valence-electron chi connectivity index (χ1n) is 5.97. The van der Waals surface area contributed by atoms with Crippen LogP contribution >= 0.6 is 11.6 Å². The average molecular weight is 296 g/mol. The molecule has 0 saturated carbocycles. The molecule has 3 nitrogen and oxygen atoms in total. The third-order valence-electron chi connectivity index (χ3n) is 2.57. The molecule has 0 aliphatic rings. The zero-order valence-corrected chi connectivity index (χ0v) is 11.6. The molecular weight excluding hydrogens is 279 g/mol. The second-order valence-corrected chi connectivity index (χ2v) is 4.57. The van der Waals surface area contributed by atoms with Crippen LogP contribution in [0.3, 0.4) is 0 Å². The number of pyridine rings is 1. The van der Waals surface area contributed by atoms with Gasteiger partial charge in [0.2, 0.25) is 0 Å². The van der Waals surface area contributed by atoms with Crippen LogP contribution in [0, 0.1) is 0 Å². The second-order valence-electron chi connectivity index (χ2n) is 4.17. The number of alkyl halides is 3. The van der Waals surface area contributed by atoms with E-state index < -0.39 is 12.6 Å². The average Bonchev–Trinajstić information content (AvgIpc) is 2.34. The van der Waals surface area contributed by atoms with Gasteiger partial charge in [-0.25, -0.2) is 4.98 Å². The third-order valence-corrected chi connectivity index (χ3v) is 2.91. The fourth-order valence-corrected chi connectivity index (χ4v) is 1.63. The molecule has 108 valence electrons. The molecule has 1 heterocycles. The molecule has 0 aromatic carbocycles. The van der Waals surface area contributed by atoms with Gasteiger partial charge in [0.1, 0.15) is 5.82 Å². The van der Waals surface area contributed by atoms with Crippen molar-refractivity contribution < 1.29 is 13.2 Å². The lowest BCUT2D eigenvalue weighted by Gasteiger charge is -2.20.